The summed E-state index contributed by atoms with van der Waals surface area (Å²) in [4.78, 5) is 0. The molecule has 0 radical (unpaired) electrons. The van der Waals surface area contributed by atoms with E-state index in [1.165, 1.54) is 103 Å². The van der Waals surface area contributed by atoms with Gasteiger partial charge in [0.05, 0.1) is 0 Å². The van der Waals surface area contributed by atoms with E-state index in [1.807, 2.05) is 0 Å². The molecule has 0 fully saturated rings. The van der Waals surface area contributed by atoms with Gasteiger partial charge in [-0.1, -0.05) is 95.9 Å². The van der Waals surface area contributed by atoms with E-state index in [-0.39, 0.29) is 0 Å². The Kier molecular flexibility index (Phi) is 20.0. The molecule has 0 aromatic carbocycles. The predicted molar refractivity (Wildman–Crippen MR) is 104 cm³/mol. The molecule has 130 valence electrons. The average molecular weight is 307 g/mol. The molecule has 0 spiro atoms. The van der Waals surface area contributed by atoms with Crippen LogP contribution in [-0.2, 0) is 0 Å². The summed E-state index contributed by atoms with van der Waals surface area (Å²) in [6.45, 7) is 4.54. The minimum absolute atomic E-state index is 1.28. The highest BCUT2D eigenvalue weighted by molar-refractivity contribution is 4.82. The van der Waals surface area contributed by atoms with Crippen LogP contribution in [0.1, 0.15) is 117 Å². The topological polar surface area (TPSA) is 0 Å². The van der Waals surface area contributed by atoms with Gasteiger partial charge in [0.1, 0.15) is 0 Å². The maximum atomic E-state index is 2.41. The van der Waals surface area contributed by atoms with Crippen LogP contribution in [0, 0.1) is 0 Å². The second-order valence-corrected chi connectivity index (χ2v) is 6.63. The second kappa shape index (κ2) is 20.5. The van der Waals surface area contributed by atoms with Gasteiger partial charge in [0.25, 0.3) is 0 Å². The molecule has 0 heterocycles. The van der Waals surface area contributed by atoms with Crippen LogP contribution in [0.15, 0.2) is 24.3 Å². The third-order valence-electron chi connectivity index (χ3n) is 4.27. The third kappa shape index (κ3) is 19.5. The van der Waals surface area contributed by atoms with Gasteiger partial charge in [0, 0.05) is 0 Å². The molecule has 0 saturated heterocycles. The highest BCUT2D eigenvalue weighted by Gasteiger charge is 1.89. The van der Waals surface area contributed by atoms with Crippen LogP contribution >= 0.6 is 0 Å². The first-order chi connectivity index (χ1) is 10.9. The second-order valence-electron chi connectivity index (χ2n) is 6.63. The number of unbranched alkanes of at least 4 members (excludes halogenated alkanes) is 13. The SMILES string of the molecule is CCCC/C=C/CCCCCC/C=C/CCCCCCCC. The molecule has 0 bridgehead atoms. The largest absolute Gasteiger partial charge is 0.0885 e. The third-order valence-corrected chi connectivity index (χ3v) is 4.27. The summed E-state index contributed by atoms with van der Waals surface area (Å²) in [5.74, 6) is 0. The Morgan fingerprint density at radius 3 is 1.09 bits per heavy atom. The molecule has 0 unspecified atom stereocenters. The Balaban J connectivity index is 3.09. The number of hydrogen-bond acceptors (Lipinski definition) is 0. The van der Waals surface area contributed by atoms with E-state index in [1.54, 1.807) is 0 Å². The zero-order valence-electron chi connectivity index (χ0n) is 15.6. The molecule has 22 heavy (non-hydrogen) atoms. The van der Waals surface area contributed by atoms with E-state index < -0.39 is 0 Å². The molecule has 0 aliphatic heterocycles. The van der Waals surface area contributed by atoms with E-state index in [0.717, 1.165) is 0 Å². The minimum atomic E-state index is 1.28. The van der Waals surface area contributed by atoms with Crippen molar-refractivity contribution in [1.29, 1.82) is 0 Å². The van der Waals surface area contributed by atoms with Crippen molar-refractivity contribution in [1.82, 2.24) is 0 Å². The number of allylic oxidation sites excluding steroid dienone is 4. The predicted octanol–water partition coefficient (Wildman–Crippen LogP) is 8.38. The van der Waals surface area contributed by atoms with Crippen molar-refractivity contribution >= 4 is 0 Å². The van der Waals surface area contributed by atoms with Crippen LogP contribution in [0.25, 0.3) is 0 Å². The van der Waals surface area contributed by atoms with Gasteiger partial charge in [-0.15, -0.1) is 0 Å². The molecule has 0 aliphatic rings. The van der Waals surface area contributed by atoms with E-state index in [4.69, 9.17) is 0 Å². The fraction of sp³-hybridized carbons (Fsp3) is 0.818. The summed E-state index contributed by atoms with van der Waals surface area (Å²) in [6, 6.07) is 0. The van der Waals surface area contributed by atoms with Gasteiger partial charge in [-0.25, -0.2) is 0 Å². The van der Waals surface area contributed by atoms with Gasteiger partial charge >= 0.3 is 0 Å². The molecule has 0 saturated carbocycles. The Morgan fingerprint density at radius 1 is 0.364 bits per heavy atom. The standard InChI is InChI=1S/C22H42/c1-3-5-7-9-11-13-15-17-19-21-22-20-18-16-14-12-10-8-6-4-2/h9,11,18,20H,3-8,10,12-17,19,21-22H2,1-2H3/b11-9+,20-18+. The maximum absolute atomic E-state index is 2.41. The smallest absolute Gasteiger partial charge is 0.0351 e. The van der Waals surface area contributed by atoms with Gasteiger partial charge in [-0.2, -0.15) is 0 Å². The van der Waals surface area contributed by atoms with Crippen molar-refractivity contribution in [3.63, 3.8) is 0 Å². The fourth-order valence-electron chi connectivity index (χ4n) is 2.71. The van der Waals surface area contributed by atoms with Crippen LogP contribution in [-0.4, -0.2) is 0 Å². The molecular weight excluding hydrogens is 264 g/mol. The van der Waals surface area contributed by atoms with Crippen molar-refractivity contribution in [2.45, 2.75) is 117 Å². The normalized spacial score (nSPS) is 11.9. The van der Waals surface area contributed by atoms with Gasteiger partial charge in [0.15, 0.2) is 0 Å². The molecule has 0 atom stereocenters. The molecule has 0 heteroatoms. The van der Waals surface area contributed by atoms with Crippen molar-refractivity contribution in [2.75, 3.05) is 0 Å². The van der Waals surface area contributed by atoms with E-state index >= 15 is 0 Å². The van der Waals surface area contributed by atoms with Crippen LogP contribution in [0.3, 0.4) is 0 Å². The van der Waals surface area contributed by atoms with Gasteiger partial charge in [0.2, 0.25) is 0 Å². The number of rotatable bonds is 17. The monoisotopic (exact) mass is 306 g/mol. The fourth-order valence-corrected chi connectivity index (χ4v) is 2.71. The molecular formula is C22H42. The van der Waals surface area contributed by atoms with E-state index in [2.05, 4.69) is 38.2 Å². The summed E-state index contributed by atoms with van der Waals surface area (Å²) in [5, 5.41) is 0. The lowest BCUT2D eigenvalue weighted by Crippen LogP contribution is -1.78. The Bertz CT molecular complexity index is 236. The first kappa shape index (κ1) is 21.5. The lowest BCUT2D eigenvalue weighted by Gasteiger charge is -1.98. The highest BCUT2D eigenvalue weighted by atomic mass is 14.0. The van der Waals surface area contributed by atoms with Gasteiger partial charge < -0.3 is 0 Å². The summed E-state index contributed by atoms with van der Waals surface area (Å²) in [7, 11) is 0. The Hall–Kier alpha value is -0.520. The van der Waals surface area contributed by atoms with Crippen LogP contribution in [0.4, 0.5) is 0 Å². The lowest BCUT2D eigenvalue weighted by molar-refractivity contribution is 0.610. The minimum Gasteiger partial charge on any atom is -0.0885 e. The molecule has 0 N–H and O–H groups in total. The average Bonchev–Trinajstić information content (AvgIpc) is 2.54. The molecule has 0 aliphatic carbocycles. The number of hydrogen-bond donors (Lipinski definition) is 0. The van der Waals surface area contributed by atoms with Crippen molar-refractivity contribution in [3.05, 3.63) is 24.3 Å². The van der Waals surface area contributed by atoms with Gasteiger partial charge in [-0.05, 0) is 44.9 Å². The first-order valence-electron chi connectivity index (χ1n) is 10.2. The zero-order valence-corrected chi connectivity index (χ0v) is 15.6. The molecule has 0 aromatic heterocycles. The quantitative estimate of drug-likeness (QED) is 0.187. The van der Waals surface area contributed by atoms with Crippen LogP contribution in [0.5, 0.6) is 0 Å². The molecule has 0 nitrogen and oxygen atoms in total. The highest BCUT2D eigenvalue weighted by Crippen LogP contribution is 2.09. The summed E-state index contributed by atoms with van der Waals surface area (Å²) in [5.41, 5.74) is 0. The van der Waals surface area contributed by atoms with Crippen LogP contribution in [0.2, 0.25) is 0 Å². The lowest BCUT2D eigenvalue weighted by atomic mass is 10.1. The van der Waals surface area contributed by atoms with Crippen molar-refractivity contribution in [2.24, 2.45) is 0 Å². The van der Waals surface area contributed by atoms with E-state index in [9.17, 15) is 0 Å². The van der Waals surface area contributed by atoms with Gasteiger partial charge in [-0.3, -0.25) is 0 Å². The summed E-state index contributed by atoms with van der Waals surface area (Å²) < 4.78 is 0. The van der Waals surface area contributed by atoms with Crippen molar-refractivity contribution in [3.8, 4) is 0 Å². The Morgan fingerprint density at radius 2 is 0.682 bits per heavy atom. The molecule has 0 rings (SSSR count). The molecule has 0 amide bonds. The Labute approximate surface area is 141 Å². The first-order valence-corrected chi connectivity index (χ1v) is 10.2. The van der Waals surface area contributed by atoms with Crippen LogP contribution < -0.4 is 0 Å². The van der Waals surface area contributed by atoms with E-state index in [0.29, 0.717) is 0 Å². The zero-order chi connectivity index (χ0) is 16.1. The molecule has 0 aromatic rings. The van der Waals surface area contributed by atoms with Crippen molar-refractivity contribution < 1.29 is 0 Å². The summed E-state index contributed by atoms with van der Waals surface area (Å²) >= 11 is 0. The maximum Gasteiger partial charge on any atom is -0.0351 e. The summed E-state index contributed by atoms with van der Waals surface area (Å²) in [6.07, 6.45) is 31.5.